The van der Waals surface area contributed by atoms with Crippen molar-refractivity contribution in [3.05, 3.63) is 66.1 Å². The molecule has 6 heteroatoms. The van der Waals surface area contributed by atoms with E-state index >= 15 is 0 Å². The monoisotopic (exact) mass is 310 g/mol. The number of nitrogens with zero attached hydrogens (tertiary/aromatic N) is 2. The minimum atomic E-state index is -0.483. The second-order valence-electron chi connectivity index (χ2n) is 4.69. The van der Waals surface area contributed by atoms with E-state index in [0.717, 1.165) is 5.56 Å². The van der Waals surface area contributed by atoms with Crippen molar-refractivity contribution in [2.75, 3.05) is 7.11 Å². The van der Waals surface area contributed by atoms with Crippen LogP contribution in [-0.2, 0) is 11.3 Å². The summed E-state index contributed by atoms with van der Waals surface area (Å²) in [5.74, 6) is 0.796. The Hall–Kier alpha value is -3.15. The third-order valence-corrected chi connectivity index (χ3v) is 3.13. The Morgan fingerprint density at radius 3 is 2.74 bits per heavy atom. The Morgan fingerprint density at radius 2 is 1.96 bits per heavy atom. The summed E-state index contributed by atoms with van der Waals surface area (Å²) in [5, 5.41) is 3.87. The summed E-state index contributed by atoms with van der Waals surface area (Å²) in [6.07, 6.45) is 0. The second kappa shape index (κ2) is 6.74. The number of methoxy groups -OCH3 is 1. The van der Waals surface area contributed by atoms with Gasteiger partial charge >= 0.3 is 5.97 Å². The lowest BCUT2D eigenvalue weighted by atomic mass is 10.2. The molecular formula is C17H14N2O4. The highest BCUT2D eigenvalue weighted by Crippen LogP contribution is 2.16. The van der Waals surface area contributed by atoms with E-state index in [9.17, 15) is 4.79 Å². The van der Waals surface area contributed by atoms with Gasteiger partial charge in [-0.2, -0.15) is 4.98 Å². The maximum absolute atomic E-state index is 12.0. The van der Waals surface area contributed by atoms with Gasteiger partial charge in [0.15, 0.2) is 6.61 Å². The van der Waals surface area contributed by atoms with E-state index in [2.05, 4.69) is 10.1 Å². The molecule has 116 valence electrons. The van der Waals surface area contributed by atoms with Gasteiger partial charge in [-0.3, -0.25) is 0 Å². The molecule has 2 aromatic carbocycles. The van der Waals surface area contributed by atoms with Crippen LogP contribution in [-0.4, -0.2) is 23.2 Å². The van der Waals surface area contributed by atoms with Crippen molar-refractivity contribution in [2.45, 2.75) is 6.61 Å². The molecule has 3 aromatic rings. The van der Waals surface area contributed by atoms with Crippen molar-refractivity contribution in [3.8, 4) is 17.1 Å². The SMILES string of the molecule is COc1cccc(C(=O)OCc2nc(-c3ccccc3)no2)c1. The maximum Gasteiger partial charge on any atom is 0.338 e. The highest BCUT2D eigenvalue weighted by Gasteiger charge is 2.12. The highest BCUT2D eigenvalue weighted by atomic mass is 16.6. The topological polar surface area (TPSA) is 74.5 Å². The van der Waals surface area contributed by atoms with Crippen molar-refractivity contribution in [1.29, 1.82) is 0 Å². The Balaban J connectivity index is 1.64. The molecule has 0 bridgehead atoms. The lowest BCUT2D eigenvalue weighted by Crippen LogP contribution is -2.05. The Kier molecular flexibility index (Phi) is 4.33. The minimum absolute atomic E-state index is 0.0874. The van der Waals surface area contributed by atoms with E-state index in [0.29, 0.717) is 17.1 Å². The Bertz CT molecular complexity index is 799. The largest absolute Gasteiger partial charge is 0.497 e. The van der Waals surface area contributed by atoms with Crippen LogP contribution >= 0.6 is 0 Å². The van der Waals surface area contributed by atoms with Crippen LogP contribution in [0.15, 0.2) is 59.1 Å². The fraction of sp³-hybridized carbons (Fsp3) is 0.118. The molecule has 6 nitrogen and oxygen atoms in total. The van der Waals surface area contributed by atoms with Crippen LogP contribution in [0.5, 0.6) is 5.75 Å². The number of aromatic nitrogens is 2. The van der Waals surface area contributed by atoms with Crippen molar-refractivity contribution in [2.24, 2.45) is 0 Å². The molecule has 3 rings (SSSR count). The molecule has 1 heterocycles. The summed E-state index contributed by atoms with van der Waals surface area (Å²) < 4.78 is 15.3. The van der Waals surface area contributed by atoms with E-state index < -0.39 is 5.97 Å². The summed E-state index contributed by atoms with van der Waals surface area (Å²) in [7, 11) is 1.54. The summed E-state index contributed by atoms with van der Waals surface area (Å²) in [5.41, 5.74) is 1.23. The van der Waals surface area contributed by atoms with Crippen molar-refractivity contribution in [1.82, 2.24) is 10.1 Å². The molecule has 1 aromatic heterocycles. The summed E-state index contributed by atoms with van der Waals surface area (Å²) in [4.78, 5) is 16.2. The van der Waals surface area contributed by atoms with Gasteiger partial charge in [0.2, 0.25) is 5.82 Å². The zero-order valence-electron chi connectivity index (χ0n) is 12.4. The fourth-order valence-electron chi connectivity index (χ4n) is 1.98. The van der Waals surface area contributed by atoms with Gasteiger partial charge in [-0.25, -0.2) is 4.79 Å². The van der Waals surface area contributed by atoms with Gasteiger partial charge in [-0.1, -0.05) is 41.6 Å². The van der Waals surface area contributed by atoms with E-state index in [-0.39, 0.29) is 12.5 Å². The number of hydrogen-bond donors (Lipinski definition) is 0. The highest BCUT2D eigenvalue weighted by molar-refractivity contribution is 5.89. The van der Waals surface area contributed by atoms with Gasteiger partial charge in [0.1, 0.15) is 5.75 Å². The molecular weight excluding hydrogens is 296 g/mol. The summed E-state index contributed by atoms with van der Waals surface area (Å²) in [6.45, 7) is -0.0874. The predicted octanol–water partition coefficient (Wildman–Crippen LogP) is 3.10. The molecule has 0 saturated carbocycles. The lowest BCUT2D eigenvalue weighted by molar-refractivity contribution is 0.0429. The molecule has 0 atom stereocenters. The van der Waals surface area contributed by atoms with Gasteiger partial charge in [-0.05, 0) is 18.2 Å². The van der Waals surface area contributed by atoms with Crippen LogP contribution in [0.25, 0.3) is 11.4 Å². The quantitative estimate of drug-likeness (QED) is 0.674. The first-order valence-electron chi connectivity index (χ1n) is 6.95. The van der Waals surface area contributed by atoms with Gasteiger partial charge in [0, 0.05) is 5.56 Å². The first kappa shape index (κ1) is 14.8. The standard InChI is InChI=1S/C17H14N2O4/c1-21-14-9-5-8-13(10-14)17(20)22-11-15-18-16(19-23-15)12-6-3-2-4-7-12/h2-10H,11H2,1H3. The van der Waals surface area contributed by atoms with E-state index in [1.165, 1.54) is 7.11 Å². The number of rotatable bonds is 5. The predicted molar refractivity (Wildman–Crippen MR) is 81.8 cm³/mol. The normalized spacial score (nSPS) is 10.3. The Labute approximate surface area is 132 Å². The van der Waals surface area contributed by atoms with E-state index in [4.69, 9.17) is 14.0 Å². The van der Waals surface area contributed by atoms with Gasteiger partial charge in [0.05, 0.1) is 12.7 Å². The molecule has 0 aliphatic rings. The van der Waals surface area contributed by atoms with Gasteiger partial charge in [-0.15, -0.1) is 0 Å². The average molecular weight is 310 g/mol. The van der Waals surface area contributed by atoms with E-state index in [1.807, 2.05) is 30.3 Å². The smallest absolute Gasteiger partial charge is 0.338 e. The number of benzene rings is 2. The van der Waals surface area contributed by atoms with Crippen molar-refractivity contribution >= 4 is 5.97 Å². The van der Waals surface area contributed by atoms with Crippen molar-refractivity contribution < 1.29 is 18.8 Å². The molecule has 0 saturated heterocycles. The third kappa shape index (κ3) is 3.55. The molecule has 0 N–H and O–H groups in total. The average Bonchev–Trinajstić information content (AvgIpc) is 3.09. The third-order valence-electron chi connectivity index (χ3n) is 3.13. The molecule has 0 fully saturated rings. The van der Waals surface area contributed by atoms with Gasteiger partial charge < -0.3 is 14.0 Å². The molecule has 0 aliphatic heterocycles. The zero-order valence-corrected chi connectivity index (χ0v) is 12.4. The minimum Gasteiger partial charge on any atom is -0.497 e. The molecule has 0 radical (unpaired) electrons. The van der Waals surface area contributed by atoms with Gasteiger partial charge in [0.25, 0.3) is 5.89 Å². The Morgan fingerprint density at radius 1 is 1.13 bits per heavy atom. The summed E-state index contributed by atoms with van der Waals surface area (Å²) >= 11 is 0. The zero-order chi connectivity index (χ0) is 16.1. The molecule has 23 heavy (non-hydrogen) atoms. The molecule has 0 unspecified atom stereocenters. The first-order chi connectivity index (χ1) is 11.3. The van der Waals surface area contributed by atoms with Crippen LogP contribution in [0.3, 0.4) is 0 Å². The van der Waals surface area contributed by atoms with Crippen LogP contribution in [0.1, 0.15) is 16.2 Å². The number of ether oxygens (including phenoxy) is 2. The van der Waals surface area contributed by atoms with Crippen LogP contribution < -0.4 is 4.74 Å². The maximum atomic E-state index is 12.0. The fourth-order valence-corrected chi connectivity index (χ4v) is 1.98. The van der Waals surface area contributed by atoms with Crippen molar-refractivity contribution in [3.63, 3.8) is 0 Å². The lowest BCUT2D eigenvalue weighted by Gasteiger charge is -2.04. The first-order valence-corrected chi connectivity index (χ1v) is 6.95. The molecule has 0 amide bonds. The van der Waals surface area contributed by atoms with E-state index in [1.54, 1.807) is 24.3 Å². The van der Waals surface area contributed by atoms with Crippen LogP contribution in [0, 0.1) is 0 Å². The molecule has 0 aliphatic carbocycles. The number of carbonyl (C=O) groups is 1. The molecule has 0 spiro atoms. The number of hydrogen-bond acceptors (Lipinski definition) is 6. The summed E-state index contributed by atoms with van der Waals surface area (Å²) in [6, 6.07) is 16.1. The number of esters is 1. The number of carbonyl (C=O) groups excluding carboxylic acids is 1. The second-order valence-corrected chi connectivity index (χ2v) is 4.69. The van der Waals surface area contributed by atoms with Crippen LogP contribution in [0.4, 0.5) is 0 Å². The van der Waals surface area contributed by atoms with Crippen LogP contribution in [0.2, 0.25) is 0 Å².